The van der Waals surface area contributed by atoms with E-state index in [9.17, 15) is 0 Å². The molecule has 0 saturated carbocycles. The summed E-state index contributed by atoms with van der Waals surface area (Å²) in [5.41, 5.74) is 3.17. The molecule has 1 atom stereocenters. The van der Waals surface area contributed by atoms with Gasteiger partial charge in [0.25, 0.3) is 0 Å². The van der Waals surface area contributed by atoms with Gasteiger partial charge in [-0.2, -0.15) is 0 Å². The van der Waals surface area contributed by atoms with Crippen LogP contribution in [0.2, 0.25) is 16.6 Å². The van der Waals surface area contributed by atoms with E-state index < -0.39 is 8.32 Å². The quantitative estimate of drug-likeness (QED) is 0.188. The number of unbranched alkanes of at least 4 members (excludes halogenated alkanes) is 2. The highest BCUT2D eigenvalue weighted by Gasteiger charge is 2.46. The molecule has 128 valence electrons. The zero-order valence-electron chi connectivity index (χ0n) is 16.2. The standard InChI is InChI=1S/C20H38OSi/c1-10-20(15-13-11-12-14-16(2)3)21-22(17(4)5,18(6)7)19(8)9/h1,14,17-20H,11-13,15H2,2-9H3/t20-/m1/s1. The average molecular weight is 323 g/mol. The Labute approximate surface area is 141 Å². The third kappa shape index (κ3) is 6.30. The second-order valence-electron chi connectivity index (χ2n) is 7.66. The van der Waals surface area contributed by atoms with Crippen LogP contribution in [-0.2, 0) is 4.43 Å². The maximum Gasteiger partial charge on any atom is 0.202 e. The first kappa shape index (κ1) is 21.5. The lowest BCUT2D eigenvalue weighted by atomic mass is 10.1. The van der Waals surface area contributed by atoms with Crippen LogP contribution in [0.4, 0.5) is 0 Å². The first-order valence-electron chi connectivity index (χ1n) is 8.95. The summed E-state index contributed by atoms with van der Waals surface area (Å²) in [6.07, 6.45) is 12.6. The average Bonchev–Trinajstić information content (AvgIpc) is 2.40. The van der Waals surface area contributed by atoms with Gasteiger partial charge < -0.3 is 4.43 Å². The fourth-order valence-electron chi connectivity index (χ4n) is 3.70. The molecule has 0 aromatic heterocycles. The molecule has 0 aromatic carbocycles. The maximum absolute atomic E-state index is 6.69. The Morgan fingerprint density at radius 3 is 1.86 bits per heavy atom. The van der Waals surface area contributed by atoms with Gasteiger partial charge in [0.05, 0.1) is 0 Å². The van der Waals surface area contributed by atoms with Crippen molar-refractivity contribution in [3.8, 4) is 12.3 Å². The van der Waals surface area contributed by atoms with Gasteiger partial charge in [-0.1, -0.05) is 59.1 Å². The number of hydrogen-bond donors (Lipinski definition) is 0. The van der Waals surface area contributed by atoms with Gasteiger partial charge in [-0.05, 0) is 56.2 Å². The summed E-state index contributed by atoms with van der Waals surface area (Å²) in [4.78, 5) is 0. The Hall–Kier alpha value is -0.523. The van der Waals surface area contributed by atoms with Crippen LogP contribution >= 0.6 is 0 Å². The molecule has 2 heteroatoms. The van der Waals surface area contributed by atoms with E-state index in [1.807, 2.05) is 0 Å². The first-order chi connectivity index (χ1) is 10.2. The molecule has 0 spiro atoms. The van der Waals surface area contributed by atoms with Crippen LogP contribution in [0.1, 0.15) is 81.1 Å². The van der Waals surface area contributed by atoms with Gasteiger partial charge >= 0.3 is 0 Å². The lowest BCUT2D eigenvalue weighted by molar-refractivity contribution is 0.211. The topological polar surface area (TPSA) is 9.23 Å². The van der Waals surface area contributed by atoms with Gasteiger partial charge in [-0.25, -0.2) is 0 Å². The molecule has 0 amide bonds. The molecule has 0 N–H and O–H groups in total. The van der Waals surface area contributed by atoms with Crippen molar-refractivity contribution in [2.75, 3.05) is 0 Å². The number of hydrogen-bond acceptors (Lipinski definition) is 1. The van der Waals surface area contributed by atoms with Crippen LogP contribution in [0.15, 0.2) is 11.6 Å². The maximum atomic E-state index is 6.69. The van der Waals surface area contributed by atoms with Crippen molar-refractivity contribution >= 4 is 8.32 Å². The zero-order chi connectivity index (χ0) is 17.3. The second-order valence-corrected chi connectivity index (χ2v) is 13.1. The minimum atomic E-state index is -1.85. The van der Waals surface area contributed by atoms with Crippen LogP contribution in [0, 0.1) is 12.3 Å². The fourth-order valence-corrected chi connectivity index (χ4v) is 9.19. The fraction of sp³-hybridized carbons (Fsp3) is 0.800. The van der Waals surface area contributed by atoms with Crippen molar-refractivity contribution in [2.45, 2.75) is 104 Å². The Balaban J connectivity index is 4.74. The molecule has 0 aromatic rings. The third-order valence-corrected chi connectivity index (χ3v) is 10.8. The van der Waals surface area contributed by atoms with E-state index in [0.29, 0.717) is 16.6 Å². The first-order valence-corrected chi connectivity index (χ1v) is 11.1. The van der Waals surface area contributed by atoms with Crippen LogP contribution in [0.3, 0.4) is 0 Å². The highest BCUT2D eigenvalue weighted by molar-refractivity contribution is 6.77. The Morgan fingerprint density at radius 1 is 1.00 bits per heavy atom. The van der Waals surface area contributed by atoms with Crippen molar-refractivity contribution in [1.82, 2.24) is 0 Å². The normalized spacial score (nSPS) is 13.5. The summed E-state index contributed by atoms with van der Waals surface area (Å²) in [5, 5.41) is 0. The van der Waals surface area contributed by atoms with Gasteiger partial charge in [-0.3, -0.25) is 0 Å². The summed E-state index contributed by atoms with van der Waals surface area (Å²) >= 11 is 0. The van der Waals surface area contributed by atoms with E-state index in [1.165, 1.54) is 12.0 Å². The molecule has 0 aliphatic heterocycles. The molecule has 0 heterocycles. The molecule has 0 bridgehead atoms. The number of allylic oxidation sites excluding steroid dienone is 2. The second kappa shape index (κ2) is 10.3. The van der Waals surface area contributed by atoms with Crippen molar-refractivity contribution in [3.05, 3.63) is 11.6 Å². The van der Waals surface area contributed by atoms with E-state index in [0.717, 1.165) is 19.3 Å². The molecule has 1 nitrogen and oxygen atoms in total. The van der Waals surface area contributed by atoms with Crippen LogP contribution in [0.5, 0.6) is 0 Å². The van der Waals surface area contributed by atoms with Crippen LogP contribution in [-0.4, -0.2) is 14.4 Å². The third-order valence-electron chi connectivity index (χ3n) is 4.71. The van der Waals surface area contributed by atoms with Gasteiger partial charge in [0.15, 0.2) is 0 Å². The van der Waals surface area contributed by atoms with Gasteiger partial charge in [-0.15, -0.1) is 6.42 Å². The van der Waals surface area contributed by atoms with Gasteiger partial charge in [0.1, 0.15) is 6.10 Å². The molecule has 0 aliphatic carbocycles. The minimum absolute atomic E-state index is 0.00873. The van der Waals surface area contributed by atoms with E-state index in [2.05, 4.69) is 67.4 Å². The van der Waals surface area contributed by atoms with Crippen molar-refractivity contribution < 1.29 is 4.43 Å². The van der Waals surface area contributed by atoms with Crippen molar-refractivity contribution in [1.29, 1.82) is 0 Å². The molecule has 0 saturated heterocycles. The van der Waals surface area contributed by atoms with Gasteiger partial charge in [0.2, 0.25) is 8.32 Å². The van der Waals surface area contributed by atoms with E-state index in [-0.39, 0.29) is 6.10 Å². The molecule has 0 rings (SSSR count). The monoisotopic (exact) mass is 322 g/mol. The van der Waals surface area contributed by atoms with E-state index >= 15 is 0 Å². The zero-order valence-corrected chi connectivity index (χ0v) is 17.2. The predicted molar refractivity (Wildman–Crippen MR) is 103 cm³/mol. The molecular weight excluding hydrogens is 284 g/mol. The summed E-state index contributed by atoms with van der Waals surface area (Å²) < 4.78 is 6.69. The highest BCUT2D eigenvalue weighted by Crippen LogP contribution is 2.43. The number of rotatable bonds is 10. The summed E-state index contributed by atoms with van der Waals surface area (Å²) in [5.74, 6) is 2.92. The summed E-state index contributed by atoms with van der Waals surface area (Å²) in [7, 11) is -1.85. The molecule has 0 aliphatic rings. The van der Waals surface area contributed by atoms with Crippen LogP contribution < -0.4 is 0 Å². The molecule has 0 fully saturated rings. The van der Waals surface area contributed by atoms with E-state index in [1.54, 1.807) is 0 Å². The molecule has 0 unspecified atom stereocenters. The smallest absolute Gasteiger partial charge is 0.202 e. The van der Waals surface area contributed by atoms with Gasteiger partial charge in [0, 0.05) is 0 Å². The van der Waals surface area contributed by atoms with Crippen molar-refractivity contribution in [3.63, 3.8) is 0 Å². The lowest BCUT2D eigenvalue weighted by Crippen LogP contribution is -2.50. The highest BCUT2D eigenvalue weighted by atomic mass is 28.4. The SMILES string of the molecule is C#C[C@H](CCCCC=C(C)C)O[Si](C(C)C)(C(C)C)C(C)C. The predicted octanol–water partition coefficient (Wildman–Crippen LogP) is 6.71. The Morgan fingerprint density at radius 2 is 1.50 bits per heavy atom. The summed E-state index contributed by atoms with van der Waals surface area (Å²) in [6.45, 7) is 18.2. The molecular formula is C20H38OSi. The Bertz CT molecular complexity index is 348. The summed E-state index contributed by atoms with van der Waals surface area (Å²) in [6, 6.07) is 0. The van der Waals surface area contributed by atoms with Crippen molar-refractivity contribution in [2.24, 2.45) is 0 Å². The number of terminal acetylenes is 1. The Kier molecular flexibility index (Phi) is 10.0. The van der Waals surface area contributed by atoms with E-state index in [4.69, 9.17) is 10.8 Å². The lowest BCUT2D eigenvalue weighted by Gasteiger charge is -2.43. The molecule has 22 heavy (non-hydrogen) atoms. The molecule has 0 radical (unpaired) electrons. The largest absolute Gasteiger partial charge is 0.403 e. The minimum Gasteiger partial charge on any atom is -0.403 e. The van der Waals surface area contributed by atoms with Crippen LogP contribution in [0.25, 0.3) is 0 Å².